The summed E-state index contributed by atoms with van der Waals surface area (Å²) in [5.74, 6) is -1.81. The highest BCUT2D eigenvalue weighted by Crippen LogP contribution is 2.23. The summed E-state index contributed by atoms with van der Waals surface area (Å²) < 4.78 is 5.90. The highest BCUT2D eigenvalue weighted by molar-refractivity contribution is 8.00. The molecule has 0 radical (unpaired) electrons. The van der Waals surface area contributed by atoms with Crippen LogP contribution in [0.25, 0.3) is 0 Å². The van der Waals surface area contributed by atoms with Gasteiger partial charge in [-0.2, -0.15) is 0 Å². The lowest BCUT2D eigenvalue weighted by Gasteiger charge is -2.10. The van der Waals surface area contributed by atoms with Crippen molar-refractivity contribution in [3.63, 3.8) is 0 Å². The first-order valence-corrected chi connectivity index (χ1v) is 8.71. The largest absolute Gasteiger partial charge is 0.454 e. The van der Waals surface area contributed by atoms with E-state index in [0.717, 1.165) is 4.57 Å². The van der Waals surface area contributed by atoms with Gasteiger partial charge in [-0.25, -0.2) is 9.59 Å². The Morgan fingerprint density at radius 2 is 1.89 bits per heavy atom. The van der Waals surface area contributed by atoms with E-state index >= 15 is 0 Å². The standard InChI is InChI=1S/C17H17N3O6S/c1-9(21)8-27-12-6-4-3-5-10(12)16(24)26-7-11(22)13-14(18)20(2)17(25)19-15(13)23/h3-6H,7-8,18H2,1-2H3,(H,19,23,25). The molecule has 0 atom stereocenters. The van der Waals surface area contributed by atoms with E-state index in [1.54, 1.807) is 18.2 Å². The second-order valence-electron chi connectivity index (χ2n) is 5.56. The van der Waals surface area contributed by atoms with Crippen molar-refractivity contribution >= 4 is 35.1 Å². The predicted octanol–water partition coefficient (Wildman–Crippen LogP) is 0.377. The summed E-state index contributed by atoms with van der Waals surface area (Å²) in [4.78, 5) is 61.4. The Morgan fingerprint density at radius 3 is 2.56 bits per heavy atom. The minimum Gasteiger partial charge on any atom is -0.454 e. The van der Waals surface area contributed by atoms with Crippen molar-refractivity contribution in [1.29, 1.82) is 0 Å². The smallest absolute Gasteiger partial charge is 0.339 e. The maximum atomic E-state index is 12.3. The number of H-pyrrole nitrogens is 1. The Bertz CT molecular complexity index is 1020. The summed E-state index contributed by atoms with van der Waals surface area (Å²) in [7, 11) is 1.29. The third-order valence-corrected chi connectivity index (χ3v) is 4.74. The van der Waals surface area contributed by atoms with Gasteiger partial charge in [0.2, 0.25) is 5.78 Å². The number of ether oxygens (including phenoxy) is 1. The van der Waals surface area contributed by atoms with E-state index in [9.17, 15) is 24.0 Å². The number of thioether (sulfide) groups is 1. The van der Waals surface area contributed by atoms with Gasteiger partial charge in [0, 0.05) is 11.9 Å². The molecular weight excluding hydrogens is 374 g/mol. The number of esters is 1. The Hall–Kier alpha value is -3.14. The van der Waals surface area contributed by atoms with E-state index in [2.05, 4.69) is 0 Å². The molecule has 0 aliphatic carbocycles. The zero-order chi connectivity index (χ0) is 20.1. The molecule has 2 rings (SSSR count). The van der Waals surface area contributed by atoms with Gasteiger partial charge in [0.05, 0.1) is 11.3 Å². The van der Waals surface area contributed by atoms with Gasteiger partial charge in [-0.3, -0.25) is 23.9 Å². The van der Waals surface area contributed by atoms with E-state index in [4.69, 9.17) is 10.5 Å². The molecule has 0 amide bonds. The normalized spacial score (nSPS) is 10.4. The van der Waals surface area contributed by atoms with Crippen LogP contribution in [0.4, 0.5) is 5.82 Å². The third-order valence-electron chi connectivity index (χ3n) is 3.52. The first-order valence-electron chi connectivity index (χ1n) is 7.72. The molecule has 0 saturated heterocycles. The number of aromatic amines is 1. The lowest BCUT2D eigenvalue weighted by molar-refractivity contribution is -0.114. The molecule has 1 aromatic carbocycles. The molecule has 0 bridgehead atoms. The number of nitrogens with one attached hydrogen (secondary N) is 1. The number of carbonyl (C=O) groups excluding carboxylic acids is 3. The number of Topliss-reactive ketones (excluding diaryl/α,β-unsaturated/α-hetero) is 2. The average Bonchev–Trinajstić information content (AvgIpc) is 2.62. The molecule has 10 heteroatoms. The Kier molecular flexibility index (Phi) is 6.35. The molecule has 1 heterocycles. The molecule has 0 unspecified atom stereocenters. The second-order valence-corrected chi connectivity index (χ2v) is 6.58. The fourth-order valence-electron chi connectivity index (χ4n) is 2.13. The number of rotatable bonds is 7. The summed E-state index contributed by atoms with van der Waals surface area (Å²) in [5.41, 5.74) is 3.67. The molecule has 9 nitrogen and oxygen atoms in total. The van der Waals surface area contributed by atoms with E-state index < -0.39 is 35.2 Å². The molecule has 2 aromatic rings. The van der Waals surface area contributed by atoms with Crippen LogP contribution in [0.5, 0.6) is 0 Å². The predicted molar refractivity (Wildman–Crippen MR) is 99.2 cm³/mol. The zero-order valence-corrected chi connectivity index (χ0v) is 15.4. The molecular formula is C17H17N3O6S. The number of aromatic nitrogens is 2. The van der Waals surface area contributed by atoms with Crippen molar-refractivity contribution < 1.29 is 19.1 Å². The number of nitrogens with two attached hydrogens (primary N) is 1. The van der Waals surface area contributed by atoms with Gasteiger partial charge in [0.15, 0.2) is 6.61 Å². The number of hydrogen-bond acceptors (Lipinski definition) is 8. The highest BCUT2D eigenvalue weighted by Gasteiger charge is 2.21. The third kappa shape index (κ3) is 4.73. The van der Waals surface area contributed by atoms with Gasteiger partial charge in [-0.05, 0) is 19.1 Å². The molecule has 0 fully saturated rings. The van der Waals surface area contributed by atoms with Crippen LogP contribution in [0.3, 0.4) is 0 Å². The zero-order valence-electron chi connectivity index (χ0n) is 14.6. The Labute approximate surface area is 157 Å². The van der Waals surface area contributed by atoms with Gasteiger partial charge < -0.3 is 10.5 Å². The van der Waals surface area contributed by atoms with E-state index in [1.807, 2.05) is 4.98 Å². The van der Waals surface area contributed by atoms with Gasteiger partial charge >= 0.3 is 11.7 Å². The lowest BCUT2D eigenvalue weighted by Crippen LogP contribution is -2.35. The summed E-state index contributed by atoms with van der Waals surface area (Å²) in [6.45, 7) is 0.706. The molecule has 0 saturated carbocycles. The first-order chi connectivity index (χ1) is 12.7. The summed E-state index contributed by atoms with van der Waals surface area (Å²) in [6.07, 6.45) is 0. The van der Waals surface area contributed by atoms with Crippen LogP contribution in [-0.2, 0) is 16.6 Å². The molecule has 1 aromatic heterocycles. The molecule has 3 N–H and O–H groups in total. The van der Waals surface area contributed by atoms with Crippen LogP contribution in [0.1, 0.15) is 27.6 Å². The number of hydrogen-bond donors (Lipinski definition) is 2. The van der Waals surface area contributed by atoms with Crippen molar-refractivity contribution in [3.05, 3.63) is 56.2 Å². The Morgan fingerprint density at radius 1 is 1.22 bits per heavy atom. The van der Waals surface area contributed by atoms with Crippen molar-refractivity contribution in [1.82, 2.24) is 9.55 Å². The fraction of sp³-hybridized carbons (Fsp3) is 0.235. The summed E-state index contributed by atoms with van der Waals surface area (Å²) in [6, 6.07) is 6.48. The van der Waals surface area contributed by atoms with Gasteiger partial charge in [-0.1, -0.05) is 12.1 Å². The summed E-state index contributed by atoms with van der Waals surface area (Å²) >= 11 is 1.17. The van der Waals surface area contributed by atoms with Crippen LogP contribution < -0.4 is 17.0 Å². The molecule has 142 valence electrons. The Balaban J connectivity index is 2.16. The van der Waals surface area contributed by atoms with Crippen molar-refractivity contribution in [2.45, 2.75) is 11.8 Å². The van der Waals surface area contributed by atoms with Crippen LogP contribution in [0.2, 0.25) is 0 Å². The van der Waals surface area contributed by atoms with E-state index in [-0.39, 0.29) is 22.9 Å². The number of nitrogen functional groups attached to an aromatic ring is 1. The molecule has 0 aliphatic rings. The van der Waals surface area contributed by atoms with Gasteiger partial charge in [-0.15, -0.1) is 11.8 Å². The lowest BCUT2D eigenvalue weighted by atomic mass is 10.2. The van der Waals surface area contributed by atoms with Crippen molar-refractivity contribution in [2.75, 3.05) is 18.1 Å². The van der Waals surface area contributed by atoms with Crippen molar-refractivity contribution in [2.24, 2.45) is 7.05 Å². The molecule has 0 aliphatic heterocycles. The molecule has 0 spiro atoms. The number of carbonyl (C=O) groups is 3. The monoisotopic (exact) mass is 391 g/mol. The van der Waals surface area contributed by atoms with E-state index in [0.29, 0.717) is 4.90 Å². The minimum absolute atomic E-state index is 0.0530. The van der Waals surface area contributed by atoms with E-state index in [1.165, 1.54) is 31.8 Å². The maximum absolute atomic E-state index is 12.3. The summed E-state index contributed by atoms with van der Waals surface area (Å²) in [5, 5.41) is 0. The average molecular weight is 391 g/mol. The topological polar surface area (TPSA) is 141 Å². The second kappa shape index (κ2) is 8.49. The van der Waals surface area contributed by atoms with Crippen LogP contribution >= 0.6 is 11.8 Å². The minimum atomic E-state index is -0.950. The quantitative estimate of drug-likeness (QED) is 0.392. The van der Waals surface area contributed by atoms with Crippen LogP contribution in [0.15, 0.2) is 38.8 Å². The number of ketones is 2. The number of nitrogens with zero attached hydrogens (tertiary/aromatic N) is 1. The van der Waals surface area contributed by atoms with Crippen LogP contribution in [0, 0.1) is 0 Å². The maximum Gasteiger partial charge on any atom is 0.339 e. The number of benzene rings is 1. The SMILES string of the molecule is CC(=O)CSc1ccccc1C(=O)OCC(=O)c1c(N)n(C)c(=O)[nH]c1=O. The van der Waals surface area contributed by atoms with Gasteiger partial charge in [0.1, 0.15) is 17.2 Å². The number of anilines is 1. The van der Waals surface area contributed by atoms with Gasteiger partial charge in [0.25, 0.3) is 5.56 Å². The molecule has 27 heavy (non-hydrogen) atoms. The highest BCUT2D eigenvalue weighted by atomic mass is 32.2. The van der Waals surface area contributed by atoms with Crippen LogP contribution in [-0.4, -0.2) is 39.4 Å². The van der Waals surface area contributed by atoms with Crippen molar-refractivity contribution in [3.8, 4) is 0 Å². The fourth-order valence-corrected chi connectivity index (χ4v) is 2.97. The first kappa shape index (κ1) is 20.2.